The predicted octanol–water partition coefficient (Wildman–Crippen LogP) is 2.19. The number of H-pyrrole nitrogens is 1. The lowest BCUT2D eigenvalue weighted by Crippen LogP contribution is -2.21. The van der Waals surface area contributed by atoms with Crippen LogP contribution >= 0.6 is 0 Å². The van der Waals surface area contributed by atoms with Crippen LogP contribution in [0.15, 0.2) is 45.9 Å². The molecule has 0 unspecified atom stereocenters. The molecule has 4 N–H and O–H groups in total. The third-order valence-electron chi connectivity index (χ3n) is 4.29. The second kappa shape index (κ2) is 6.34. The van der Waals surface area contributed by atoms with Crippen LogP contribution < -0.4 is 16.6 Å². The smallest absolute Gasteiger partial charge is 0.268 e. The zero-order valence-electron chi connectivity index (χ0n) is 14.4. The van der Waals surface area contributed by atoms with Crippen molar-refractivity contribution in [1.29, 1.82) is 0 Å². The fourth-order valence-electron chi connectivity index (χ4n) is 2.95. The zero-order valence-corrected chi connectivity index (χ0v) is 14.4. The van der Waals surface area contributed by atoms with Crippen molar-refractivity contribution in [2.75, 3.05) is 12.8 Å². The lowest BCUT2D eigenvalue weighted by atomic mass is 10.1. The van der Waals surface area contributed by atoms with Crippen molar-refractivity contribution < 1.29 is 18.0 Å². The first-order chi connectivity index (χ1) is 13.4. The summed E-state index contributed by atoms with van der Waals surface area (Å²) < 4.78 is 34.8. The van der Waals surface area contributed by atoms with Gasteiger partial charge in [0.2, 0.25) is 0 Å². The molecule has 1 amide bonds. The average Bonchev–Trinajstić information content (AvgIpc) is 3.30. The molecule has 4 aromatic rings. The molecular weight excluding hydrogens is 372 g/mol. The van der Waals surface area contributed by atoms with Crippen LogP contribution in [0.4, 0.5) is 14.6 Å². The van der Waals surface area contributed by atoms with Crippen molar-refractivity contribution in [2.45, 2.75) is 0 Å². The van der Waals surface area contributed by atoms with Crippen LogP contribution in [-0.2, 0) is 0 Å². The number of furan rings is 1. The summed E-state index contributed by atoms with van der Waals surface area (Å²) in [6, 6.07) is 4.68. The highest BCUT2D eigenvalue weighted by Gasteiger charge is 2.22. The molecule has 8 nitrogen and oxygen atoms in total. The van der Waals surface area contributed by atoms with E-state index in [1.165, 1.54) is 31.6 Å². The number of aromatic nitrogens is 3. The van der Waals surface area contributed by atoms with E-state index in [0.717, 1.165) is 16.7 Å². The molecule has 0 radical (unpaired) electrons. The minimum atomic E-state index is -0.931. The molecule has 0 aliphatic heterocycles. The summed E-state index contributed by atoms with van der Waals surface area (Å²) in [5.74, 6) is -2.20. The molecule has 0 atom stereocenters. The lowest BCUT2D eigenvalue weighted by molar-refractivity contribution is 0.0962. The molecule has 0 aliphatic carbocycles. The topological polar surface area (TPSA) is 119 Å². The summed E-state index contributed by atoms with van der Waals surface area (Å²) in [6.45, 7) is 0. The van der Waals surface area contributed by atoms with E-state index in [1.807, 2.05) is 0 Å². The van der Waals surface area contributed by atoms with Gasteiger partial charge in [-0.2, -0.15) is 5.10 Å². The lowest BCUT2D eigenvalue weighted by Gasteiger charge is -2.11. The Morgan fingerprint density at radius 1 is 1.32 bits per heavy atom. The highest BCUT2D eigenvalue weighted by molar-refractivity contribution is 5.99. The molecule has 0 saturated heterocycles. The molecule has 4 rings (SSSR count). The number of nitrogen functional groups attached to an aromatic ring is 1. The number of nitrogens with two attached hydrogens (primary N) is 1. The van der Waals surface area contributed by atoms with E-state index >= 15 is 0 Å². The monoisotopic (exact) mass is 385 g/mol. The van der Waals surface area contributed by atoms with Crippen LogP contribution in [-0.4, -0.2) is 27.7 Å². The van der Waals surface area contributed by atoms with Gasteiger partial charge in [-0.3, -0.25) is 19.3 Å². The Bertz CT molecular complexity index is 1270. The van der Waals surface area contributed by atoms with E-state index in [-0.39, 0.29) is 39.5 Å². The van der Waals surface area contributed by atoms with E-state index in [2.05, 4.69) is 15.5 Å². The van der Waals surface area contributed by atoms with Gasteiger partial charge in [-0.25, -0.2) is 8.78 Å². The van der Waals surface area contributed by atoms with Crippen LogP contribution in [0.3, 0.4) is 0 Å². The van der Waals surface area contributed by atoms with Gasteiger partial charge in [0.25, 0.3) is 11.5 Å². The van der Waals surface area contributed by atoms with Gasteiger partial charge in [0.15, 0.2) is 5.82 Å². The van der Waals surface area contributed by atoms with Crippen LogP contribution in [0, 0.1) is 11.6 Å². The third kappa shape index (κ3) is 2.54. The van der Waals surface area contributed by atoms with Gasteiger partial charge in [-0.1, -0.05) is 6.07 Å². The van der Waals surface area contributed by atoms with Crippen molar-refractivity contribution in [2.24, 2.45) is 0 Å². The first-order valence-electron chi connectivity index (χ1n) is 8.07. The molecule has 0 saturated carbocycles. The Morgan fingerprint density at radius 3 is 2.71 bits per heavy atom. The van der Waals surface area contributed by atoms with Crippen LogP contribution in [0.2, 0.25) is 0 Å². The number of benzene rings is 1. The van der Waals surface area contributed by atoms with Gasteiger partial charge < -0.3 is 15.5 Å². The molecule has 3 aromatic heterocycles. The number of rotatable bonds is 3. The van der Waals surface area contributed by atoms with Crippen molar-refractivity contribution in [3.8, 4) is 17.0 Å². The van der Waals surface area contributed by atoms with Gasteiger partial charge in [-0.05, 0) is 18.2 Å². The summed E-state index contributed by atoms with van der Waals surface area (Å²) >= 11 is 0. The quantitative estimate of drug-likeness (QED) is 0.500. The molecule has 3 heterocycles. The second-order valence-corrected chi connectivity index (χ2v) is 5.93. The van der Waals surface area contributed by atoms with E-state index in [1.54, 1.807) is 0 Å². The number of pyridine rings is 1. The predicted molar refractivity (Wildman–Crippen MR) is 97.1 cm³/mol. The normalized spacial score (nSPS) is 11.1. The number of carbonyl (C=O) groups is 1. The first kappa shape index (κ1) is 17.5. The minimum Gasteiger partial charge on any atom is -0.463 e. The summed E-state index contributed by atoms with van der Waals surface area (Å²) in [4.78, 5) is 24.6. The van der Waals surface area contributed by atoms with Crippen LogP contribution in [0.1, 0.15) is 10.4 Å². The summed E-state index contributed by atoms with van der Waals surface area (Å²) in [5.41, 5.74) is 5.16. The van der Waals surface area contributed by atoms with Gasteiger partial charge >= 0.3 is 0 Å². The van der Waals surface area contributed by atoms with Crippen molar-refractivity contribution in [3.63, 3.8) is 0 Å². The van der Waals surface area contributed by atoms with Gasteiger partial charge in [0, 0.05) is 13.2 Å². The largest absolute Gasteiger partial charge is 0.463 e. The number of anilines is 1. The van der Waals surface area contributed by atoms with E-state index in [0.29, 0.717) is 0 Å². The minimum absolute atomic E-state index is 0.0574. The molecule has 10 heteroatoms. The second-order valence-electron chi connectivity index (χ2n) is 5.93. The average molecular weight is 385 g/mol. The van der Waals surface area contributed by atoms with Crippen molar-refractivity contribution in [3.05, 3.63) is 64.3 Å². The number of carbonyl (C=O) groups excluding carboxylic acids is 1. The number of fused-ring (bicyclic) bond motifs is 1. The standard InChI is InChI=1S/C18H13F2N5O3/c1-22-17(26)8-5-12(28-7-8)9-6-25(15-10(19)3-2-4-11(15)20)18(27)13-14(9)23-24-16(13)21/h2-7H,1H3,(H,22,26)(H3,21,23,24). The Labute approximate surface area is 155 Å². The molecule has 0 fully saturated rings. The number of halogens is 2. The maximum absolute atomic E-state index is 14.3. The number of amides is 1. The number of nitrogens with zero attached hydrogens (tertiary/aromatic N) is 2. The third-order valence-corrected chi connectivity index (χ3v) is 4.29. The molecule has 0 aliphatic rings. The fourth-order valence-corrected chi connectivity index (χ4v) is 2.95. The SMILES string of the molecule is CNC(=O)c1coc(-c2cn(-c3c(F)cccc3F)c(=O)c3c(N)n[nH]c23)c1. The Balaban J connectivity index is 2.05. The highest BCUT2D eigenvalue weighted by Crippen LogP contribution is 2.30. The summed E-state index contributed by atoms with van der Waals surface area (Å²) in [6.07, 6.45) is 2.43. The maximum atomic E-state index is 14.3. The van der Waals surface area contributed by atoms with Gasteiger partial charge in [0.05, 0.1) is 16.6 Å². The fraction of sp³-hybridized carbons (Fsp3) is 0.0556. The molecule has 0 bridgehead atoms. The molecule has 1 aromatic carbocycles. The number of hydrogen-bond donors (Lipinski definition) is 3. The van der Waals surface area contributed by atoms with E-state index in [9.17, 15) is 18.4 Å². The maximum Gasteiger partial charge on any atom is 0.268 e. The van der Waals surface area contributed by atoms with Crippen molar-refractivity contribution in [1.82, 2.24) is 20.1 Å². The van der Waals surface area contributed by atoms with Gasteiger partial charge in [0.1, 0.15) is 34.7 Å². The van der Waals surface area contributed by atoms with Crippen LogP contribution in [0.25, 0.3) is 27.9 Å². The molecular formula is C18H13F2N5O3. The number of hydrogen-bond acceptors (Lipinski definition) is 5. The molecule has 0 spiro atoms. The first-order valence-corrected chi connectivity index (χ1v) is 8.07. The van der Waals surface area contributed by atoms with E-state index < -0.39 is 22.9 Å². The summed E-state index contributed by atoms with van der Waals surface area (Å²) in [7, 11) is 1.46. The molecule has 142 valence electrons. The Morgan fingerprint density at radius 2 is 2.04 bits per heavy atom. The highest BCUT2D eigenvalue weighted by atomic mass is 19.1. The van der Waals surface area contributed by atoms with Crippen molar-refractivity contribution >= 4 is 22.6 Å². The van der Waals surface area contributed by atoms with Crippen LogP contribution in [0.5, 0.6) is 0 Å². The molecule has 28 heavy (non-hydrogen) atoms. The number of para-hydroxylation sites is 1. The number of aromatic amines is 1. The number of nitrogens with one attached hydrogen (secondary N) is 2. The van der Waals surface area contributed by atoms with Gasteiger partial charge in [-0.15, -0.1) is 0 Å². The summed E-state index contributed by atoms with van der Waals surface area (Å²) in [5, 5.41) is 8.83. The Kier molecular flexibility index (Phi) is 3.95. The van der Waals surface area contributed by atoms with E-state index in [4.69, 9.17) is 10.2 Å². The Hall–Kier alpha value is -3.95. The zero-order chi connectivity index (χ0) is 20.0.